The van der Waals surface area contributed by atoms with Gasteiger partial charge in [0.15, 0.2) is 0 Å². The second-order valence-corrected chi connectivity index (χ2v) is 6.29. The van der Waals surface area contributed by atoms with E-state index in [9.17, 15) is 10.1 Å². The zero-order valence-corrected chi connectivity index (χ0v) is 13.5. The van der Waals surface area contributed by atoms with Crippen molar-refractivity contribution >= 4 is 17.4 Å². The molecule has 0 fully saturated rings. The van der Waals surface area contributed by atoms with Gasteiger partial charge >= 0.3 is 0 Å². The standard InChI is InChI=1S/C15H24N2O2S/c1-5-15(6-2,20-4)11-16-12(3)13-9-7-8-10-14(13)17(18)19/h7-10,12,16H,5-6,11H2,1-4H3. The number of nitro benzene ring substituents is 1. The van der Waals surface area contributed by atoms with Gasteiger partial charge < -0.3 is 5.32 Å². The van der Waals surface area contributed by atoms with E-state index < -0.39 is 0 Å². The van der Waals surface area contributed by atoms with Crippen molar-refractivity contribution in [3.8, 4) is 0 Å². The lowest BCUT2D eigenvalue weighted by Gasteiger charge is -2.31. The van der Waals surface area contributed by atoms with E-state index in [1.165, 1.54) is 0 Å². The maximum absolute atomic E-state index is 11.1. The van der Waals surface area contributed by atoms with Crippen LogP contribution < -0.4 is 5.32 Å². The Hall–Kier alpha value is -1.07. The highest BCUT2D eigenvalue weighted by molar-refractivity contribution is 8.00. The first kappa shape index (κ1) is 17.0. The van der Waals surface area contributed by atoms with Crippen LogP contribution in [0.2, 0.25) is 0 Å². The molecule has 0 amide bonds. The maximum Gasteiger partial charge on any atom is 0.274 e. The molecule has 0 saturated heterocycles. The Morgan fingerprint density at radius 2 is 1.95 bits per heavy atom. The quantitative estimate of drug-likeness (QED) is 0.578. The van der Waals surface area contributed by atoms with Crippen LogP contribution >= 0.6 is 11.8 Å². The summed E-state index contributed by atoms with van der Waals surface area (Å²) in [5, 5.41) is 14.5. The largest absolute Gasteiger partial charge is 0.309 e. The monoisotopic (exact) mass is 296 g/mol. The molecule has 5 heteroatoms. The van der Waals surface area contributed by atoms with Crippen LogP contribution in [0.4, 0.5) is 5.69 Å². The third kappa shape index (κ3) is 3.96. The van der Waals surface area contributed by atoms with Crippen LogP contribution in [0, 0.1) is 10.1 Å². The van der Waals surface area contributed by atoms with E-state index >= 15 is 0 Å². The van der Waals surface area contributed by atoms with Crippen molar-refractivity contribution in [3.63, 3.8) is 0 Å². The second-order valence-electron chi connectivity index (χ2n) is 5.01. The van der Waals surface area contributed by atoms with Crippen molar-refractivity contribution in [1.29, 1.82) is 0 Å². The van der Waals surface area contributed by atoms with Crippen molar-refractivity contribution in [1.82, 2.24) is 5.32 Å². The number of para-hydroxylation sites is 1. The van der Waals surface area contributed by atoms with Gasteiger partial charge in [-0.1, -0.05) is 32.0 Å². The summed E-state index contributed by atoms with van der Waals surface area (Å²) in [6, 6.07) is 6.92. The number of benzene rings is 1. The van der Waals surface area contributed by atoms with Crippen LogP contribution in [0.3, 0.4) is 0 Å². The van der Waals surface area contributed by atoms with Crippen LogP contribution in [0.15, 0.2) is 24.3 Å². The lowest BCUT2D eigenvalue weighted by atomic mass is 10.0. The van der Waals surface area contributed by atoms with Gasteiger partial charge in [0.1, 0.15) is 0 Å². The predicted molar refractivity (Wildman–Crippen MR) is 86.3 cm³/mol. The maximum atomic E-state index is 11.1. The molecule has 1 atom stereocenters. The summed E-state index contributed by atoms with van der Waals surface area (Å²) in [7, 11) is 0. The molecule has 0 aromatic heterocycles. The topological polar surface area (TPSA) is 55.2 Å². The highest BCUT2D eigenvalue weighted by Gasteiger charge is 2.26. The number of nitrogens with one attached hydrogen (secondary N) is 1. The van der Waals surface area contributed by atoms with Gasteiger partial charge in [0.25, 0.3) is 5.69 Å². The summed E-state index contributed by atoms with van der Waals surface area (Å²) in [6.45, 7) is 7.22. The normalized spacial score (nSPS) is 13.2. The Balaban J connectivity index is 2.82. The average Bonchev–Trinajstić information content (AvgIpc) is 2.49. The van der Waals surface area contributed by atoms with E-state index in [-0.39, 0.29) is 21.4 Å². The predicted octanol–water partition coefficient (Wildman–Crippen LogP) is 4.17. The summed E-state index contributed by atoms with van der Waals surface area (Å²) in [6.07, 6.45) is 4.30. The number of hydrogen-bond donors (Lipinski definition) is 1. The summed E-state index contributed by atoms with van der Waals surface area (Å²) >= 11 is 1.87. The first-order chi connectivity index (χ1) is 9.49. The Labute approximate surface area is 125 Å². The van der Waals surface area contributed by atoms with E-state index in [4.69, 9.17) is 0 Å². The minimum absolute atomic E-state index is 0.0266. The molecule has 0 radical (unpaired) electrons. The van der Waals surface area contributed by atoms with Gasteiger partial charge in [0, 0.05) is 29.0 Å². The minimum Gasteiger partial charge on any atom is -0.309 e. The molecule has 1 N–H and O–H groups in total. The highest BCUT2D eigenvalue weighted by atomic mass is 32.2. The number of rotatable bonds is 8. The van der Waals surface area contributed by atoms with Crippen LogP contribution in [-0.4, -0.2) is 22.5 Å². The molecular weight excluding hydrogens is 272 g/mol. The molecule has 0 saturated carbocycles. The van der Waals surface area contributed by atoms with Gasteiger partial charge in [-0.05, 0) is 26.0 Å². The third-order valence-corrected chi connectivity index (χ3v) is 5.64. The zero-order valence-electron chi connectivity index (χ0n) is 12.7. The second kappa shape index (κ2) is 7.64. The summed E-state index contributed by atoms with van der Waals surface area (Å²) in [5.74, 6) is 0. The Bertz CT molecular complexity index is 439. The van der Waals surface area contributed by atoms with Gasteiger partial charge in [-0.25, -0.2) is 0 Å². The molecule has 1 rings (SSSR count). The SMILES string of the molecule is CCC(CC)(CNC(C)c1ccccc1[N+](=O)[O-])SC. The van der Waals surface area contributed by atoms with Crippen molar-refractivity contribution in [2.75, 3.05) is 12.8 Å². The van der Waals surface area contributed by atoms with Crippen LogP contribution in [0.5, 0.6) is 0 Å². The van der Waals surface area contributed by atoms with Gasteiger partial charge in [0.2, 0.25) is 0 Å². The molecule has 1 unspecified atom stereocenters. The number of nitrogens with zero attached hydrogens (tertiary/aromatic N) is 1. The van der Waals surface area contributed by atoms with Crippen molar-refractivity contribution < 1.29 is 4.92 Å². The minimum atomic E-state index is -0.311. The van der Waals surface area contributed by atoms with Gasteiger partial charge in [-0.3, -0.25) is 10.1 Å². The van der Waals surface area contributed by atoms with E-state index in [1.54, 1.807) is 12.1 Å². The summed E-state index contributed by atoms with van der Waals surface area (Å²) in [5.41, 5.74) is 0.940. The van der Waals surface area contributed by atoms with Gasteiger partial charge in [0.05, 0.1) is 4.92 Å². The van der Waals surface area contributed by atoms with Crippen molar-refractivity contribution in [3.05, 3.63) is 39.9 Å². The van der Waals surface area contributed by atoms with Crippen LogP contribution in [0.1, 0.15) is 45.2 Å². The van der Waals surface area contributed by atoms with Crippen molar-refractivity contribution in [2.45, 2.75) is 44.4 Å². The Morgan fingerprint density at radius 3 is 2.45 bits per heavy atom. The molecule has 0 bridgehead atoms. The lowest BCUT2D eigenvalue weighted by Crippen LogP contribution is -2.37. The molecule has 20 heavy (non-hydrogen) atoms. The number of nitro groups is 1. The average molecular weight is 296 g/mol. The molecule has 1 aromatic rings. The molecule has 0 spiro atoms. The molecule has 1 aromatic carbocycles. The summed E-state index contributed by atoms with van der Waals surface area (Å²) in [4.78, 5) is 10.8. The molecule has 0 heterocycles. The van der Waals surface area contributed by atoms with Crippen LogP contribution in [0.25, 0.3) is 0 Å². The molecule has 0 aliphatic carbocycles. The smallest absolute Gasteiger partial charge is 0.274 e. The Kier molecular flexibility index (Phi) is 6.49. The van der Waals surface area contributed by atoms with Crippen molar-refractivity contribution in [2.24, 2.45) is 0 Å². The van der Waals surface area contributed by atoms with E-state index in [2.05, 4.69) is 25.4 Å². The Morgan fingerprint density at radius 1 is 1.35 bits per heavy atom. The first-order valence-electron chi connectivity index (χ1n) is 7.01. The summed E-state index contributed by atoms with van der Waals surface area (Å²) < 4.78 is 0.206. The van der Waals surface area contributed by atoms with Gasteiger partial charge in [-0.2, -0.15) is 11.8 Å². The first-order valence-corrected chi connectivity index (χ1v) is 8.24. The fourth-order valence-electron chi connectivity index (χ4n) is 2.33. The zero-order chi connectivity index (χ0) is 15.2. The number of hydrogen-bond acceptors (Lipinski definition) is 4. The van der Waals surface area contributed by atoms with E-state index in [0.717, 1.165) is 24.9 Å². The molecular formula is C15H24N2O2S. The molecule has 4 nitrogen and oxygen atoms in total. The number of thioether (sulfide) groups is 1. The van der Waals surface area contributed by atoms with Crippen LogP contribution in [-0.2, 0) is 0 Å². The lowest BCUT2D eigenvalue weighted by molar-refractivity contribution is -0.385. The van der Waals surface area contributed by atoms with E-state index in [1.807, 2.05) is 30.8 Å². The van der Waals surface area contributed by atoms with E-state index in [0.29, 0.717) is 0 Å². The molecule has 0 aliphatic rings. The molecule has 112 valence electrons. The third-order valence-electron chi connectivity index (χ3n) is 4.05. The fourth-order valence-corrected chi connectivity index (χ4v) is 3.13. The highest BCUT2D eigenvalue weighted by Crippen LogP contribution is 2.31. The molecule has 0 aliphatic heterocycles. The van der Waals surface area contributed by atoms with Gasteiger partial charge in [-0.15, -0.1) is 0 Å². The fraction of sp³-hybridized carbons (Fsp3) is 0.600.